The minimum absolute atomic E-state index is 0.0244. The molecule has 0 spiro atoms. The maximum absolute atomic E-state index is 14.3. The van der Waals surface area contributed by atoms with E-state index in [1.807, 2.05) is 13.0 Å². The van der Waals surface area contributed by atoms with Crippen LogP contribution in [-0.2, 0) is 10.0 Å². The number of halogens is 1. The normalized spacial score (nSPS) is 11.8. The van der Waals surface area contributed by atoms with Gasteiger partial charge in [0.15, 0.2) is 5.13 Å². The summed E-state index contributed by atoms with van der Waals surface area (Å²) in [6, 6.07) is 8.70. The van der Waals surface area contributed by atoms with E-state index in [0.717, 1.165) is 21.1 Å². The highest BCUT2D eigenvalue weighted by Gasteiger charge is 2.26. The van der Waals surface area contributed by atoms with Gasteiger partial charge in [0, 0.05) is 18.7 Å². The van der Waals surface area contributed by atoms with Gasteiger partial charge in [-0.25, -0.2) is 17.8 Å². The summed E-state index contributed by atoms with van der Waals surface area (Å²) in [4.78, 5) is 16.5. The van der Waals surface area contributed by atoms with Crippen molar-refractivity contribution in [2.45, 2.75) is 25.7 Å². The Bertz CT molecular complexity index is 1170. The van der Waals surface area contributed by atoms with Crippen LogP contribution in [0.4, 0.5) is 9.52 Å². The van der Waals surface area contributed by atoms with Crippen molar-refractivity contribution >= 4 is 42.6 Å². The predicted molar refractivity (Wildman–Crippen MR) is 115 cm³/mol. The van der Waals surface area contributed by atoms with Gasteiger partial charge in [0.05, 0.1) is 16.8 Å². The van der Waals surface area contributed by atoms with Gasteiger partial charge in [-0.1, -0.05) is 25.2 Å². The van der Waals surface area contributed by atoms with E-state index in [2.05, 4.69) is 10.3 Å². The number of anilines is 1. The van der Waals surface area contributed by atoms with Crippen LogP contribution in [-0.4, -0.2) is 43.3 Å². The molecular formula is C20H22FN3O4S2. The molecule has 0 fully saturated rings. The Balaban J connectivity index is 1.88. The molecule has 0 saturated heterocycles. The molecule has 0 saturated carbocycles. The van der Waals surface area contributed by atoms with Gasteiger partial charge in [-0.3, -0.25) is 10.1 Å². The highest BCUT2D eigenvalue weighted by molar-refractivity contribution is 7.89. The third-order valence-corrected chi connectivity index (χ3v) is 7.41. The van der Waals surface area contributed by atoms with Crippen molar-refractivity contribution in [2.75, 3.05) is 25.0 Å². The van der Waals surface area contributed by atoms with Crippen LogP contribution in [0.3, 0.4) is 0 Å². The average Bonchev–Trinajstić information content (AvgIpc) is 3.10. The zero-order chi connectivity index (χ0) is 21.9. The zero-order valence-corrected chi connectivity index (χ0v) is 18.4. The lowest BCUT2D eigenvalue weighted by Crippen LogP contribution is -2.31. The maximum atomic E-state index is 14.3. The summed E-state index contributed by atoms with van der Waals surface area (Å²) in [5, 5.41) is 3.00. The summed E-state index contributed by atoms with van der Waals surface area (Å²) in [5.41, 5.74) is 0.721. The van der Waals surface area contributed by atoms with E-state index in [1.165, 1.54) is 17.4 Å². The van der Waals surface area contributed by atoms with E-state index in [9.17, 15) is 17.6 Å². The maximum Gasteiger partial charge on any atom is 0.257 e. The van der Waals surface area contributed by atoms with Gasteiger partial charge in [-0.15, -0.1) is 0 Å². The molecule has 3 aromatic rings. The monoisotopic (exact) mass is 451 g/mol. The molecule has 30 heavy (non-hydrogen) atoms. The fraction of sp³-hybridized carbons (Fsp3) is 0.300. The van der Waals surface area contributed by atoms with Crippen molar-refractivity contribution in [2.24, 2.45) is 0 Å². The number of fused-ring (bicyclic) bond motifs is 1. The van der Waals surface area contributed by atoms with E-state index in [4.69, 9.17) is 4.74 Å². The van der Waals surface area contributed by atoms with E-state index in [1.54, 1.807) is 26.0 Å². The molecule has 160 valence electrons. The molecule has 7 nitrogen and oxygen atoms in total. The number of benzene rings is 2. The Morgan fingerprint density at radius 3 is 2.57 bits per heavy atom. The van der Waals surface area contributed by atoms with Gasteiger partial charge in [0.1, 0.15) is 16.5 Å². The summed E-state index contributed by atoms with van der Waals surface area (Å²) in [5.74, 6) is -0.770. The van der Waals surface area contributed by atoms with E-state index < -0.39 is 26.6 Å². The average molecular weight is 452 g/mol. The van der Waals surface area contributed by atoms with Crippen LogP contribution in [0.25, 0.3) is 10.2 Å². The number of carbonyl (C=O) groups is 1. The van der Waals surface area contributed by atoms with E-state index >= 15 is 0 Å². The van der Waals surface area contributed by atoms with Gasteiger partial charge >= 0.3 is 0 Å². The van der Waals surface area contributed by atoms with Crippen molar-refractivity contribution in [3.63, 3.8) is 0 Å². The molecule has 0 radical (unpaired) electrons. The lowest BCUT2D eigenvalue weighted by molar-refractivity contribution is 0.102. The third kappa shape index (κ3) is 4.45. The standard InChI is InChI=1S/C20H22FN3O4S2/c1-4-24(5-2)30(26,27)18-11-13(7-9-15(18)21)19(25)23-20-22-16-10-8-14(28-6-3)12-17(16)29-20/h7-12H,4-6H2,1-3H3,(H,22,23,25). The predicted octanol–water partition coefficient (Wildman–Crippen LogP) is 4.12. The Hall–Kier alpha value is -2.56. The second-order valence-electron chi connectivity index (χ2n) is 6.27. The highest BCUT2D eigenvalue weighted by Crippen LogP contribution is 2.30. The van der Waals surface area contributed by atoms with Crippen molar-refractivity contribution in [3.8, 4) is 5.75 Å². The number of carbonyl (C=O) groups excluding carboxylic acids is 1. The number of rotatable bonds is 8. The summed E-state index contributed by atoms with van der Waals surface area (Å²) in [6.07, 6.45) is 0. The molecule has 0 unspecified atom stereocenters. The fourth-order valence-corrected chi connectivity index (χ4v) is 5.37. The van der Waals surface area contributed by atoms with Crippen LogP contribution in [0.2, 0.25) is 0 Å². The number of ether oxygens (including phenoxy) is 1. The summed E-state index contributed by atoms with van der Waals surface area (Å²) in [7, 11) is -4.04. The molecular weight excluding hydrogens is 429 g/mol. The first-order valence-corrected chi connectivity index (χ1v) is 11.7. The first kappa shape index (κ1) is 22.1. The second kappa shape index (κ2) is 9.07. The Kier molecular flexibility index (Phi) is 6.69. The summed E-state index contributed by atoms with van der Waals surface area (Å²) < 4.78 is 47.1. The van der Waals surface area contributed by atoms with Crippen LogP contribution in [0.5, 0.6) is 5.75 Å². The first-order valence-electron chi connectivity index (χ1n) is 9.44. The molecule has 0 aliphatic rings. The smallest absolute Gasteiger partial charge is 0.257 e. The number of hydrogen-bond donors (Lipinski definition) is 1. The quantitative estimate of drug-likeness (QED) is 0.557. The molecule has 1 N–H and O–H groups in total. The number of nitrogens with one attached hydrogen (secondary N) is 1. The van der Waals surface area contributed by atoms with Gasteiger partial charge in [-0.2, -0.15) is 4.31 Å². The number of thiazole rings is 1. The van der Waals surface area contributed by atoms with E-state index in [0.29, 0.717) is 23.0 Å². The third-order valence-electron chi connectivity index (χ3n) is 4.41. The number of aromatic nitrogens is 1. The SMILES string of the molecule is CCOc1ccc2nc(NC(=O)c3ccc(F)c(S(=O)(=O)N(CC)CC)c3)sc2c1. The van der Waals surface area contributed by atoms with Gasteiger partial charge < -0.3 is 4.74 Å². The molecule has 3 rings (SSSR count). The fourth-order valence-electron chi connectivity index (χ4n) is 2.93. The summed E-state index contributed by atoms with van der Waals surface area (Å²) in [6.45, 7) is 6.16. The van der Waals surface area contributed by atoms with Gasteiger partial charge in [-0.05, 0) is 43.3 Å². The molecule has 0 aliphatic carbocycles. The largest absolute Gasteiger partial charge is 0.494 e. The number of nitrogens with zero attached hydrogens (tertiary/aromatic N) is 2. The molecule has 0 aliphatic heterocycles. The topological polar surface area (TPSA) is 88.6 Å². The van der Waals surface area contributed by atoms with Crippen LogP contribution >= 0.6 is 11.3 Å². The second-order valence-corrected chi connectivity index (χ2v) is 9.21. The van der Waals surface area contributed by atoms with Gasteiger partial charge in [0.2, 0.25) is 10.0 Å². The number of sulfonamides is 1. The highest BCUT2D eigenvalue weighted by atomic mass is 32.2. The molecule has 0 bridgehead atoms. The van der Waals surface area contributed by atoms with Crippen molar-refractivity contribution < 1.29 is 22.3 Å². The van der Waals surface area contributed by atoms with Crippen LogP contribution < -0.4 is 10.1 Å². The van der Waals surface area contributed by atoms with Crippen molar-refractivity contribution in [1.29, 1.82) is 0 Å². The molecule has 10 heteroatoms. The van der Waals surface area contributed by atoms with Crippen molar-refractivity contribution in [3.05, 3.63) is 47.8 Å². The lowest BCUT2D eigenvalue weighted by atomic mass is 10.2. The minimum Gasteiger partial charge on any atom is -0.494 e. The molecule has 0 atom stereocenters. The van der Waals surface area contributed by atoms with Crippen molar-refractivity contribution in [1.82, 2.24) is 9.29 Å². The van der Waals surface area contributed by atoms with Crippen LogP contribution in [0.15, 0.2) is 41.3 Å². The Morgan fingerprint density at radius 2 is 1.90 bits per heavy atom. The van der Waals surface area contributed by atoms with Gasteiger partial charge in [0.25, 0.3) is 5.91 Å². The number of hydrogen-bond acceptors (Lipinski definition) is 6. The molecule has 2 aromatic carbocycles. The zero-order valence-electron chi connectivity index (χ0n) is 16.8. The minimum atomic E-state index is -4.04. The Morgan fingerprint density at radius 1 is 1.17 bits per heavy atom. The molecule has 1 heterocycles. The molecule has 1 aromatic heterocycles. The lowest BCUT2D eigenvalue weighted by Gasteiger charge is -2.19. The summed E-state index contributed by atoms with van der Waals surface area (Å²) >= 11 is 1.26. The number of amides is 1. The van der Waals surface area contributed by atoms with E-state index in [-0.39, 0.29) is 18.7 Å². The Labute approximate surface area is 178 Å². The first-order chi connectivity index (χ1) is 14.3. The molecule has 1 amide bonds. The van der Waals surface area contributed by atoms with Crippen LogP contribution in [0, 0.1) is 5.82 Å². The van der Waals surface area contributed by atoms with Crippen LogP contribution in [0.1, 0.15) is 31.1 Å².